The fourth-order valence-electron chi connectivity index (χ4n) is 1.60. The van der Waals surface area contributed by atoms with Crippen molar-refractivity contribution in [2.75, 3.05) is 0 Å². The first-order valence-electron chi connectivity index (χ1n) is 6.39. The Morgan fingerprint density at radius 2 is 1.67 bits per heavy atom. The first kappa shape index (κ1) is 14.6. The molecule has 108 valence electrons. The summed E-state index contributed by atoms with van der Waals surface area (Å²) in [5.41, 5.74) is 5.34. The van der Waals surface area contributed by atoms with Crippen LogP contribution >= 0.6 is 0 Å². The van der Waals surface area contributed by atoms with Gasteiger partial charge in [-0.3, -0.25) is 4.79 Å². The number of esters is 1. The minimum absolute atomic E-state index is 0.288. The maximum absolute atomic E-state index is 11.9. The molecule has 5 nitrogen and oxygen atoms in total. The zero-order valence-corrected chi connectivity index (χ0v) is 11.5. The molecule has 0 heterocycles. The van der Waals surface area contributed by atoms with Gasteiger partial charge < -0.3 is 15.2 Å². The van der Waals surface area contributed by atoms with Gasteiger partial charge in [0.2, 0.25) is 0 Å². The zero-order chi connectivity index (χ0) is 15.2. The molecule has 1 amide bonds. The standard InChI is InChI=1S/C16H15NO4/c1-11(15(17)18)20-16(19)12-6-5-9-14(10-12)21-13-7-3-2-4-8-13/h2-11H,1H3,(H2,17,18)/t11-/m1/s1. The number of benzene rings is 2. The summed E-state index contributed by atoms with van der Waals surface area (Å²) >= 11 is 0. The van der Waals surface area contributed by atoms with Gasteiger partial charge in [-0.05, 0) is 37.3 Å². The van der Waals surface area contributed by atoms with E-state index in [0.717, 1.165) is 0 Å². The van der Waals surface area contributed by atoms with Gasteiger partial charge >= 0.3 is 5.97 Å². The highest BCUT2D eigenvalue weighted by atomic mass is 16.5. The first-order chi connectivity index (χ1) is 10.1. The molecular weight excluding hydrogens is 270 g/mol. The van der Waals surface area contributed by atoms with E-state index in [1.165, 1.54) is 6.92 Å². The maximum Gasteiger partial charge on any atom is 0.339 e. The molecule has 2 aromatic rings. The Morgan fingerprint density at radius 1 is 1.00 bits per heavy atom. The van der Waals surface area contributed by atoms with Gasteiger partial charge in [0.25, 0.3) is 5.91 Å². The number of ether oxygens (including phenoxy) is 2. The van der Waals surface area contributed by atoms with Crippen molar-refractivity contribution >= 4 is 11.9 Å². The van der Waals surface area contributed by atoms with Crippen molar-refractivity contribution in [2.45, 2.75) is 13.0 Å². The Balaban J connectivity index is 2.10. The average molecular weight is 285 g/mol. The largest absolute Gasteiger partial charge is 0.457 e. The minimum Gasteiger partial charge on any atom is -0.457 e. The summed E-state index contributed by atoms with van der Waals surface area (Å²) in [6.45, 7) is 1.42. The molecule has 0 fully saturated rings. The Kier molecular flexibility index (Phi) is 4.56. The second kappa shape index (κ2) is 6.56. The lowest BCUT2D eigenvalue weighted by molar-refractivity contribution is -0.125. The molecule has 0 aliphatic rings. The van der Waals surface area contributed by atoms with Crippen LogP contribution in [0.3, 0.4) is 0 Å². The van der Waals surface area contributed by atoms with E-state index in [1.54, 1.807) is 36.4 Å². The van der Waals surface area contributed by atoms with Crippen LogP contribution < -0.4 is 10.5 Å². The highest BCUT2D eigenvalue weighted by Gasteiger charge is 2.16. The Labute approximate surface area is 122 Å². The van der Waals surface area contributed by atoms with E-state index in [4.69, 9.17) is 15.2 Å². The molecule has 2 N–H and O–H groups in total. The van der Waals surface area contributed by atoms with E-state index in [0.29, 0.717) is 11.5 Å². The van der Waals surface area contributed by atoms with Crippen LogP contribution in [0.1, 0.15) is 17.3 Å². The third-order valence-electron chi connectivity index (χ3n) is 2.73. The molecule has 1 atom stereocenters. The van der Waals surface area contributed by atoms with Crippen LogP contribution in [0.2, 0.25) is 0 Å². The number of carbonyl (C=O) groups is 2. The monoisotopic (exact) mass is 285 g/mol. The Hall–Kier alpha value is -2.82. The molecule has 0 aliphatic carbocycles. The van der Waals surface area contributed by atoms with Crippen molar-refractivity contribution in [3.63, 3.8) is 0 Å². The smallest absolute Gasteiger partial charge is 0.339 e. The molecule has 21 heavy (non-hydrogen) atoms. The predicted molar refractivity (Wildman–Crippen MR) is 77.0 cm³/mol. The van der Waals surface area contributed by atoms with Crippen LogP contribution in [-0.4, -0.2) is 18.0 Å². The molecule has 0 bridgehead atoms. The lowest BCUT2D eigenvalue weighted by Crippen LogP contribution is -2.30. The number of primary amides is 1. The van der Waals surface area contributed by atoms with E-state index in [9.17, 15) is 9.59 Å². The predicted octanol–water partition coefficient (Wildman–Crippen LogP) is 2.51. The van der Waals surface area contributed by atoms with E-state index in [2.05, 4.69) is 0 Å². The van der Waals surface area contributed by atoms with Crippen LogP contribution in [0.25, 0.3) is 0 Å². The SMILES string of the molecule is C[C@@H](OC(=O)c1cccc(Oc2ccccc2)c1)C(N)=O. The van der Waals surface area contributed by atoms with E-state index in [-0.39, 0.29) is 5.56 Å². The lowest BCUT2D eigenvalue weighted by atomic mass is 10.2. The molecule has 0 aromatic heterocycles. The summed E-state index contributed by atoms with van der Waals surface area (Å²) in [5, 5.41) is 0. The van der Waals surface area contributed by atoms with Crippen LogP contribution in [0.5, 0.6) is 11.5 Å². The second-order valence-corrected chi connectivity index (χ2v) is 4.39. The van der Waals surface area contributed by atoms with Gasteiger partial charge in [-0.15, -0.1) is 0 Å². The number of rotatable bonds is 5. The molecule has 0 unspecified atom stereocenters. The van der Waals surface area contributed by atoms with E-state index < -0.39 is 18.0 Å². The fourth-order valence-corrected chi connectivity index (χ4v) is 1.60. The summed E-state index contributed by atoms with van der Waals surface area (Å²) in [6, 6.07) is 15.7. The number of nitrogens with two attached hydrogens (primary N) is 1. The van der Waals surface area contributed by atoms with E-state index in [1.807, 2.05) is 18.2 Å². The fraction of sp³-hybridized carbons (Fsp3) is 0.125. The summed E-state index contributed by atoms with van der Waals surface area (Å²) < 4.78 is 10.6. The number of hydrogen-bond acceptors (Lipinski definition) is 4. The number of carbonyl (C=O) groups excluding carboxylic acids is 2. The minimum atomic E-state index is -0.976. The molecule has 0 radical (unpaired) electrons. The number of amides is 1. The Morgan fingerprint density at radius 3 is 2.33 bits per heavy atom. The molecule has 0 saturated heterocycles. The normalized spacial score (nSPS) is 11.5. The molecule has 2 rings (SSSR count). The number of para-hydroxylation sites is 1. The zero-order valence-electron chi connectivity index (χ0n) is 11.5. The number of hydrogen-bond donors (Lipinski definition) is 1. The van der Waals surface area contributed by atoms with Crippen molar-refractivity contribution in [3.05, 3.63) is 60.2 Å². The van der Waals surface area contributed by atoms with Gasteiger partial charge in [0, 0.05) is 0 Å². The van der Waals surface area contributed by atoms with Gasteiger partial charge in [0.1, 0.15) is 11.5 Å². The van der Waals surface area contributed by atoms with Gasteiger partial charge in [0.05, 0.1) is 5.56 Å². The molecule has 0 saturated carbocycles. The third kappa shape index (κ3) is 4.07. The quantitative estimate of drug-likeness (QED) is 0.856. The summed E-state index contributed by atoms with van der Waals surface area (Å²) in [6.07, 6.45) is -0.976. The topological polar surface area (TPSA) is 78.6 Å². The summed E-state index contributed by atoms with van der Waals surface area (Å²) in [5.74, 6) is -0.157. The van der Waals surface area contributed by atoms with Crippen molar-refractivity contribution < 1.29 is 19.1 Å². The van der Waals surface area contributed by atoms with Gasteiger partial charge in [-0.1, -0.05) is 24.3 Å². The van der Waals surface area contributed by atoms with E-state index >= 15 is 0 Å². The van der Waals surface area contributed by atoms with Crippen LogP contribution in [0.4, 0.5) is 0 Å². The maximum atomic E-state index is 11.9. The summed E-state index contributed by atoms with van der Waals surface area (Å²) in [7, 11) is 0. The first-order valence-corrected chi connectivity index (χ1v) is 6.39. The molecule has 0 spiro atoms. The third-order valence-corrected chi connectivity index (χ3v) is 2.73. The lowest BCUT2D eigenvalue weighted by Gasteiger charge is -2.10. The van der Waals surface area contributed by atoms with Crippen LogP contribution in [0, 0.1) is 0 Å². The van der Waals surface area contributed by atoms with Crippen molar-refractivity contribution in [1.82, 2.24) is 0 Å². The van der Waals surface area contributed by atoms with Gasteiger partial charge in [-0.2, -0.15) is 0 Å². The summed E-state index contributed by atoms with van der Waals surface area (Å²) in [4.78, 5) is 22.8. The van der Waals surface area contributed by atoms with Crippen LogP contribution in [0.15, 0.2) is 54.6 Å². The molecule has 0 aliphatic heterocycles. The Bertz CT molecular complexity index is 640. The van der Waals surface area contributed by atoms with Gasteiger partial charge in [-0.25, -0.2) is 4.79 Å². The molecular formula is C16H15NO4. The highest BCUT2D eigenvalue weighted by Crippen LogP contribution is 2.22. The molecule has 5 heteroatoms. The molecule has 2 aromatic carbocycles. The second-order valence-electron chi connectivity index (χ2n) is 4.39. The average Bonchev–Trinajstić information content (AvgIpc) is 2.48. The van der Waals surface area contributed by atoms with Gasteiger partial charge in [0.15, 0.2) is 6.10 Å². The van der Waals surface area contributed by atoms with Crippen LogP contribution in [-0.2, 0) is 9.53 Å². The van der Waals surface area contributed by atoms with Crippen molar-refractivity contribution in [3.8, 4) is 11.5 Å². The van der Waals surface area contributed by atoms with Crippen molar-refractivity contribution in [2.24, 2.45) is 5.73 Å². The highest BCUT2D eigenvalue weighted by molar-refractivity contribution is 5.92. The van der Waals surface area contributed by atoms with Crippen molar-refractivity contribution in [1.29, 1.82) is 0 Å².